The molecule has 0 bridgehead atoms. The number of hydrogen-bond donors (Lipinski definition) is 1. The van der Waals surface area contributed by atoms with E-state index in [1.807, 2.05) is 0 Å². The van der Waals surface area contributed by atoms with Gasteiger partial charge in [-0.25, -0.2) is 4.39 Å². The average Bonchev–Trinajstić information content (AvgIpc) is 2.13. The zero-order valence-electron chi connectivity index (χ0n) is 7.84. The van der Waals surface area contributed by atoms with Crippen LogP contribution in [0.2, 0.25) is 0 Å². The van der Waals surface area contributed by atoms with E-state index in [1.54, 1.807) is 0 Å². The number of nitrogens with zero attached hydrogens (tertiary/aromatic N) is 1. The molecular weight excluding hydrogens is 171 g/mol. The number of hydrogen-bond acceptors (Lipinski definition) is 2. The zero-order chi connectivity index (χ0) is 9.52. The predicted octanol–water partition coefficient (Wildman–Crippen LogP) is 0.556. The van der Waals surface area contributed by atoms with Crippen molar-refractivity contribution >= 4 is 6.41 Å². The van der Waals surface area contributed by atoms with Crippen molar-refractivity contribution < 1.29 is 9.18 Å². The quantitative estimate of drug-likeness (QED) is 0.505. The summed E-state index contributed by atoms with van der Waals surface area (Å²) in [6, 6.07) is 0. The molecule has 1 rings (SSSR count). The first-order valence-electron chi connectivity index (χ1n) is 4.86. The highest BCUT2D eigenvalue weighted by Crippen LogP contribution is 2.12. The largest absolute Gasteiger partial charge is 0.359 e. The van der Waals surface area contributed by atoms with Gasteiger partial charge in [0.15, 0.2) is 0 Å². The van der Waals surface area contributed by atoms with Gasteiger partial charge in [-0.1, -0.05) is 0 Å². The molecule has 0 aromatic rings. The van der Waals surface area contributed by atoms with Gasteiger partial charge in [0.25, 0.3) is 0 Å². The molecule has 1 aliphatic rings. The molecule has 1 amide bonds. The summed E-state index contributed by atoms with van der Waals surface area (Å²) < 4.78 is 12.9. The molecule has 13 heavy (non-hydrogen) atoms. The van der Waals surface area contributed by atoms with Crippen molar-refractivity contribution in [2.24, 2.45) is 0 Å². The van der Waals surface area contributed by atoms with Gasteiger partial charge in [0.1, 0.15) is 6.17 Å². The number of rotatable bonds is 5. The fourth-order valence-electron chi connectivity index (χ4n) is 1.67. The van der Waals surface area contributed by atoms with Crippen molar-refractivity contribution in [3.05, 3.63) is 0 Å². The Bertz CT molecular complexity index is 155. The summed E-state index contributed by atoms with van der Waals surface area (Å²) in [5.41, 5.74) is 0. The normalized spacial score (nSPS) is 24.2. The number of piperidine rings is 1. The van der Waals surface area contributed by atoms with Gasteiger partial charge in [0.05, 0.1) is 0 Å². The summed E-state index contributed by atoms with van der Waals surface area (Å²) in [4.78, 5) is 12.0. The van der Waals surface area contributed by atoms with Gasteiger partial charge in [-0.3, -0.25) is 4.79 Å². The molecular formula is C9H17FN2O. The van der Waals surface area contributed by atoms with Crippen LogP contribution in [0.15, 0.2) is 0 Å². The Morgan fingerprint density at radius 3 is 3.15 bits per heavy atom. The van der Waals surface area contributed by atoms with Crippen LogP contribution in [-0.2, 0) is 4.79 Å². The van der Waals surface area contributed by atoms with Gasteiger partial charge in [0, 0.05) is 13.1 Å². The third-order valence-electron chi connectivity index (χ3n) is 2.33. The minimum absolute atomic E-state index is 0.571. The second-order valence-corrected chi connectivity index (χ2v) is 3.47. The Kier molecular flexibility index (Phi) is 4.75. The van der Waals surface area contributed by atoms with Crippen molar-refractivity contribution in [1.82, 2.24) is 10.2 Å². The van der Waals surface area contributed by atoms with Crippen LogP contribution in [-0.4, -0.2) is 43.7 Å². The van der Waals surface area contributed by atoms with Crippen LogP contribution in [0.5, 0.6) is 0 Å². The molecule has 0 aromatic carbocycles. The smallest absolute Gasteiger partial charge is 0.207 e. The molecule has 76 valence electrons. The predicted molar refractivity (Wildman–Crippen MR) is 49.3 cm³/mol. The summed E-state index contributed by atoms with van der Waals surface area (Å²) in [5.74, 6) is 0. The van der Waals surface area contributed by atoms with Crippen LogP contribution < -0.4 is 5.32 Å². The van der Waals surface area contributed by atoms with Gasteiger partial charge in [-0.2, -0.15) is 0 Å². The first-order valence-corrected chi connectivity index (χ1v) is 4.86. The maximum absolute atomic E-state index is 12.9. The van der Waals surface area contributed by atoms with E-state index in [1.165, 1.54) is 0 Å². The summed E-state index contributed by atoms with van der Waals surface area (Å²) in [5, 5.41) is 2.60. The molecule has 3 nitrogen and oxygen atoms in total. The molecule has 0 aromatic heterocycles. The fourth-order valence-corrected chi connectivity index (χ4v) is 1.67. The van der Waals surface area contributed by atoms with Gasteiger partial charge in [-0.05, 0) is 32.4 Å². The maximum Gasteiger partial charge on any atom is 0.207 e. The number of amides is 1. The second kappa shape index (κ2) is 5.91. The standard InChI is InChI=1S/C9H17FN2O/c10-9-3-1-5-12(7-9)6-2-4-11-8-13/h8-9H,1-7H2,(H,11,13). The fraction of sp³-hybridized carbons (Fsp3) is 0.889. The molecule has 1 atom stereocenters. The van der Waals surface area contributed by atoms with Gasteiger partial charge in [-0.15, -0.1) is 0 Å². The lowest BCUT2D eigenvalue weighted by atomic mass is 10.1. The van der Waals surface area contributed by atoms with Gasteiger partial charge >= 0.3 is 0 Å². The maximum atomic E-state index is 12.9. The number of halogens is 1. The zero-order valence-corrected chi connectivity index (χ0v) is 7.84. The highest BCUT2D eigenvalue weighted by Gasteiger charge is 2.17. The number of carbonyl (C=O) groups is 1. The number of carbonyl (C=O) groups excluding carboxylic acids is 1. The van der Waals surface area contributed by atoms with Gasteiger partial charge in [0.2, 0.25) is 6.41 Å². The molecule has 1 N–H and O–H groups in total. The van der Waals surface area contributed by atoms with Crippen LogP contribution in [0.3, 0.4) is 0 Å². The Hall–Kier alpha value is -0.640. The lowest BCUT2D eigenvalue weighted by molar-refractivity contribution is -0.109. The summed E-state index contributed by atoms with van der Waals surface area (Å²) in [6.45, 7) is 3.15. The van der Waals surface area contributed by atoms with Crippen molar-refractivity contribution in [3.8, 4) is 0 Å². The van der Waals surface area contributed by atoms with E-state index in [4.69, 9.17) is 0 Å². The van der Waals surface area contributed by atoms with E-state index < -0.39 is 6.17 Å². The third kappa shape index (κ3) is 4.22. The topological polar surface area (TPSA) is 32.3 Å². The number of alkyl halides is 1. The number of likely N-dealkylation sites (tertiary alicyclic amines) is 1. The van der Waals surface area contributed by atoms with Crippen LogP contribution in [0.1, 0.15) is 19.3 Å². The number of nitrogens with one attached hydrogen (secondary N) is 1. The van der Waals surface area contributed by atoms with E-state index in [0.29, 0.717) is 25.9 Å². The highest BCUT2D eigenvalue weighted by molar-refractivity contribution is 5.45. The molecule has 0 aliphatic carbocycles. The highest BCUT2D eigenvalue weighted by atomic mass is 19.1. The van der Waals surface area contributed by atoms with E-state index in [-0.39, 0.29) is 0 Å². The molecule has 1 fully saturated rings. The molecule has 0 spiro atoms. The molecule has 1 heterocycles. The van der Waals surface area contributed by atoms with Crippen molar-refractivity contribution in [3.63, 3.8) is 0 Å². The summed E-state index contributed by atoms with van der Waals surface area (Å²) >= 11 is 0. The molecule has 0 radical (unpaired) electrons. The summed E-state index contributed by atoms with van der Waals surface area (Å²) in [7, 11) is 0. The van der Waals surface area contributed by atoms with Crippen molar-refractivity contribution in [2.75, 3.05) is 26.2 Å². The first kappa shape index (κ1) is 10.4. The monoisotopic (exact) mass is 188 g/mol. The van der Waals surface area contributed by atoms with Crippen molar-refractivity contribution in [1.29, 1.82) is 0 Å². The van der Waals surface area contributed by atoms with Crippen LogP contribution in [0, 0.1) is 0 Å². The molecule has 1 saturated heterocycles. The van der Waals surface area contributed by atoms with Crippen LogP contribution >= 0.6 is 0 Å². The van der Waals surface area contributed by atoms with Crippen molar-refractivity contribution in [2.45, 2.75) is 25.4 Å². The van der Waals surface area contributed by atoms with Gasteiger partial charge < -0.3 is 10.2 Å². The third-order valence-corrected chi connectivity index (χ3v) is 2.33. The van der Waals surface area contributed by atoms with E-state index in [0.717, 1.165) is 25.9 Å². The minimum Gasteiger partial charge on any atom is -0.359 e. The molecule has 0 saturated carbocycles. The summed E-state index contributed by atoms with van der Waals surface area (Å²) in [6.07, 6.45) is 2.64. The van der Waals surface area contributed by atoms with E-state index in [2.05, 4.69) is 10.2 Å². The second-order valence-electron chi connectivity index (χ2n) is 3.47. The molecule has 1 aliphatic heterocycles. The van der Waals surface area contributed by atoms with Crippen LogP contribution in [0.4, 0.5) is 4.39 Å². The van der Waals surface area contributed by atoms with E-state index in [9.17, 15) is 9.18 Å². The SMILES string of the molecule is O=CNCCCN1CCCC(F)C1. The van der Waals surface area contributed by atoms with Crippen LogP contribution in [0.25, 0.3) is 0 Å². The Labute approximate surface area is 78.3 Å². The lowest BCUT2D eigenvalue weighted by Crippen LogP contribution is -2.37. The molecule has 4 heteroatoms. The Morgan fingerprint density at radius 1 is 1.62 bits per heavy atom. The first-order chi connectivity index (χ1) is 6.33. The lowest BCUT2D eigenvalue weighted by Gasteiger charge is -2.28. The van der Waals surface area contributed by atoms with E-state index >= 15 is 0 Å². The minimum atomic E-state index is -0.646. The Morgan fingerprint density at radius 2 is 2.46 bits per heavy atom. The Balaban J connectivity index is 2.03. The molecule has 1 unspecified atom stereocenters. The average molecular weight is 188 g/mol.